The molecule has 4 heteroatoms. The van der Waals surface area contributed by atoms with E-state index in [0.29, 0.717) is 0 Å². The third-order valence-electron chi connectivity index (χ3n) is 4.10. The van der Waals surface area contributed by atoms with E-state index in [-0.39, 0.29) is 0 Å². The molecule has 1 N–H and O–H groups in total. The molecule has 112 valence electrons. The summed E-state index contributed by atoms with van der Waals surface area (Å²) < 4.78 is 2.14. The van der Waals surface area contributed by atoms with Gasteiger partial charge in [0.25, 0.3) is 0 Å². The van der Waals surface area contributed by atoms with Crippen LogP contribution < -0.4 is 5.32 Å². The summed E-state index contributed by atoms with van der Waals surface area (Å²) >= 11 is 0. The molecule has 1 heterocycles. The molecule has 2 aromatic rings. The number of nitrogens with one attached hydrogen (secondary N) is 1. The Morgan fingerprint density at radius 1 is 1.33 bits per heavy atom. The van der Waals surface area contributed by atoms with E-state index in [1.807, 2.05) is 13.3 Å². The second-order valence-corrected chi connectivity index (χ2v) is 5.98. The second-order valence-electron chi connectivity index (χ2n) is 5.98. The summed E-state index contributed by atoms with van der Waals surface area (Å²) in [6.45, 7) is 9.97. The zero-order chi connectivity index (χ0) is 15.5. The van der Waals surface area contributed by atoms with Gasteiger partial charge in [-0.1, -0.05) is 6.92 Å². The Morgan fingerprint density at radius 2 is 2.05 bits per heavy atom. The van der Waals surface area contributed by atoms with Gasteiger partial charge >= 0.3 is 0 Å². The lowest BCUT2D eigenvalue weighted by molar-refractivity contribution is 0.395. The summed E-state index contributed by atoms with van der Waals surface area (Å²) in [5.74, 6) is 0. The normalized spacial score (nSPS) is 14.0. The summed E-state index contributed by atoms with van der Waals surface area (Å²) in [5.41, 5.74) is 4.23. The van der Waals surface area contributed by atoms with Gasteiger partial charge in [0.05, 0.1) is 23.4 Å². The van der Waals surface area contributed by atoms with Gasteiger partial charge in [0.2, 0.25) is 0 Å². The van der Waals surface area contributed by atoms with Gasteiger partial charge in [-0.2, -0.15) is 5.26 Å². The Balaban J connectivity index is 2.17. The van der Waals surface area contributed by atoms with Gasteiger partial charge in [0.15, 0.2) is 0 Å². The highest BCUT2D eigenvalue weighted by Gasteiger charge is 2.22. The fraction of sp³-hybridized carbons (Fsp3) is 0.529. The van der Waals surface area contributed by atoms with Crippen molar-refractivity contribution in [2.75, 3.05) is 6.54 Å². The Kier molecular flexibility index (Phi) is 4.64. The molecule has 1 atom stereocenters. The van der Waals surface area contributed by atoms with Crippen LogP contribution in [0.15, 0.2) is 18.5 Å². The van der Waals surface area contributed by atoms with Crippen molar-refractivity contribution in [3.8, 4) is 6.07 Å². The predicted molar refractivity (Wildman–Crippen MR) is 86.1 cm³/mol. The zero-order valence-electron chi connectivity index (χ0n) is 13.4. The lowest BCUT2D eigenvalue weighted by Gasteiger charge is -2.23. The molecule has 1 aromatic heterocycles. The SMILES string of the molecule is CCCNC(C)(C#N)CCn1cnc2cc(C)c(C)cc21. The minimum atomic E-state index is -0.480. The van der Waals surface area contributed by atoms with Crippen LogP contribution in [0.5, 0.6) is 0 Å². The molecule has 21 heavy (non-hydrogen) atoms. The van der Waals surface area contributed by atoms with E-state index >= 15 is 0 Å². The van der Waals surface area contributed by atoms with Crippen molar-refractivity contribution in [2.45, 2.75) is 52.6 Å². The lowest BCUT2D eigenvalue weighted by atomic mass is 9.99. The largest absolute Gasteiger partial charge is 0.330 e. The smallest absolute Gasteiger partial charge is 0.105 e. The molecule has 1 aromatic carbocycles. The molecule has 0 aliphatic carbocycles. The molecular formula is C17H24N4. The number of aryl methyl sites for hydroxylation is 3. The van der Waals surface area contributed by atoms with Gasteiger partial charge in [-0.3, -0.25) is 5.32 Å². The van der Waals surface area contributed by atoms with E-state index in [1.54, 1.807) is 0 Å². The number of nitrogens with zero attached hydrogens (tertiary/aromatic N) is 3. The zero-order valence-corrected chi connectivity index (χ0v) is 13.4. The van der Waals surface area contributed by atoms with Crippen LogP contribution in [-0.2, 0) is 6.54 Å². The van der Waals surface area contributed by atoms with Gasteiger partial charge in [0.1, 0.15) is 5.54 Å². The molecule has 0 saturated heterocycles. The molecule has 4 nitrogen and oxygen atoms in total. The minimum Gasteiger partial charge on any atom is -0.330 e. The topological polar surface area (TPSA) is 53.6 Å². The molecule has 0 fully saturated rings. The number of hydrogen-bond acceptors (Lipinski definition) is 3. The van der Waals surface area contributed by atoms with Crippen molar-refractivity contribution in [3.05, 3.63) is 29.6 Å². The van der Waals surface area contributed by atoms with Crippen LogP contribution >= 0.6 is 0 Å². The molecule has 0 radical (unpaired) electrons. The Hall–Kier alpha value is -1.86. The summed E-state index contributed by atoms with van der Waals surface area (Å²) in [6.07, 6.45) is 3.67. The highest BCUT2D eigenvalue weighted by Crippen LogP contribution is 2.20. The minimum absolute atomic E-state index is 0.480. The third-order valence-corrected chi connectivity index (χ3v) is 4.10. The maximum Gasteiger partial charge on any atom is 0.105 e. The van der Waals surface area contributed by atoms with Gasteiger partial charge in [0, 0.05) is 6.54 Å². The van der Waals surface area contributed by atoms with Gasteiger partial charge < -0.3 is 4.57 Å². The van der Waals surface area contributed by atoms with Crippen LogP contribution in [0, 0.1) is 25.2 Å². The molecule has 0 amide bonds. The predicted octanol–water partition coefficient (Wildman–Crippen LogP) is 3.33. The van der Waals surface area contributed by atoms with Crippen molar-refractivity contribution in [2.24, 2.45) is 0 Å². The average molecular weight is 284 g/mol. The number of hydrogen-bond donors (Lipinski definition) is 1. The standard InChI is InChI=1S/C17H24N4/c1-5-7-20-17(4,11-18)6-8-21-12-19-15-9-13(2)14(3)10-16(15)21/h9-10,12,20H,5-8H2,1-4H3. The van der Waals surface area contributed by atoms with E-state index in [0.717, 1.165) is 37.0 Å². The number of imidazole rings is 1. The molecule has 0 aliphatic heterocycles. The van der Waals surface area contributed by atoms with E-state index < -0.39 is 5.54 Å². The van der Waals surface area contributed by atoms with Crippen LogP contribution in [-0.4, -0.2) is 21.6 Å². The highest BCUT2D eigenvalue weighted by molar-refractivity contribution is 5.77. The maximum absolute atomic E-state index is 9.40. The molecular weight excluding hydrogens is 260 g/mol. The van der Waals surface area contributed by atoms with Crippen LogP contribution in [0.25, 0.3) is 11.0 Å². The fourth-order valence-electron chi connectivity index (χ4n) is 2.42. The van der Waals surface area contributed by atoms with Crippen molar-refractivity contribution < 1.29 is 0 Å². The van der Waals surface area contributed by atoms with Gasteiger partial charge in [-0.25, -0.2) is 4.98 Å². The molecule has 2 rings (SSSR count). The van der Waals surface area contributed by atoms with Crippen molar-refractivity contribution >= 4 is 11.0 Å². The summed E-state index contributed by atoms with van der Waals surface area (Å²) in [4.78, 5) is 4.47. The van der Waals surface area contributed by atoms with E-state index in [2.05, 4.69) is 53.8 Å². The van der Waals surface area contributed by atoms with Crippen LogP contribution in [0.3, 0.4) is 0 Å². The highest BCUT2D eigenvalue weighted by atomic mass is 15.1. The molecule has 0 saturated carbocycles. The molecule has 0 spiro atoms. The third kappa shape index (κ3) is 3.43. The molecule has 0 bridgehead atoms. The van der Waals surface area contributed by atoms with Crippen LogP contribution in [0.1, 0.15) is 37.8 Å². The summed E-state index contributed by atoms with van der Waals surface area (Å²) in [6, 6.07) is 6.71. The van der Waals surface area contributed by atoms with Gasteiger partial charge in [-0.15, -0.1) is 0 Å². The first-order valence-corrected chi connectivity index (χ1v) is 7.57. The van der Waals surface area contributed by atoms with E-state index in [4.69, 9.17) is 0 Å². The first-order chi connectivity index (χ1) is 9.99. The van der Waals surface area contributed by atoms with Crippen LogP contribution in [0.2, 0.25) is 0 Å². The number of fused-ring (bicyclic) bond motifs is 1. The lowest BCUT2D eigenvalue weighted by Crippen LogP contribution is -2.42. The quantitative estimate of drug-likeness (QED) is 0.885. The first kappa shape index (κ1) is 15.5. The first-order valence-electron chi connectivity index (χ1n) is 7.57. The number of rotatable bonds is 6. The Labute approximate surface area is 126 Å². The monoisotopic (exact) mass is 284 g/mol. The number of nitriles is 1. The Morgan fingerprint density at radius 3 is 2.71 bits per heavy atom. The van der Waals surface area contributed by atoms with Crippen molar-refractivity contribution in [1.29, 1.82) is 5.26 Å². The number of aromatic nitrogens is 2. The molecule has 0 aliphatic rings. The van der Waals surface area contributed by atoms with E-state index in [9.17, 15) is 5.26 Å². The summed E-state index contributed by atoms with van der Waals surface area (Å²) in [5, 5.41) is 12.7. The Bertz CT molecular complexity index is 665. The number of benzene rings is 1. The van der Waals surface area contributed by atoms with E-state index in [1.165, 1.54) is 11.1 Å². The maximum atomic E-state index is 9.40. The molecule has 1 unspecified atom stereocenters. The van der Waals surface area contributed by atoms with Crippen LogP contribution in [0.4, 0.5) is 0 Å². The van der Waals surface area contributed by atoms with Crippen molar-refractivity contribution in [1.82, 2.24) is 14.9 Å². The fourth-order valence-corrected chi connectivity index (χ4v) is 2.42. The summed E-state index contributed by atoms with van der Waals surface area (Å²) in [7, 11) is 0. The average Bonchev–Trinajstić information content (AvgIpc) is 2.86. The second kappa shape index (κ2) is 6.28. The van der Waals surface area contributed by atoms with Crippen molar-refractivity contribution in [3.63, 3.8) is 0 Å². The van der Waals surface area contributed by atoms with Gasteiger partial charge in [-0.05, 0) is 63.4 Å².